The van der Waals surface area contributed by atoms with Crippen LogP contribution in [-0.4, -0.2) is 27.6 Å². The number of carbonyl (C=O) groups excluding carboxylic acids is 2. The number of halogens is 1. The van der Waals surface area contributed by atoms with Crippen LogP contribution in [0.5, 0.6) is 0 Å². The standard InChI is InChI=1S/C16H11ClN2O2/c1-9-6-7-12(18-8-9)19-14-13(17)15(20)10-4-2-3-5-11(10)16(14)21/h2-8,13H,1H3. The fourth-order valence-electron chi connectivity index (χ4n) is 2.17. The molecule has 0 bridgehead atoms. The molecule has 1 unspecified atom stereocenters. The van der Waals surface area contributed by atoms with Crippen molar-refractivity contribution in [1.82, 2.24) is 4.98 Å². The minimum absolute atomic E-state index is 0.0247. The van der Waals surface area contributed by atoms with E-state index in [1.807, 2.05) is 13.0 Å². The third-order valence-electron chi connectivity index (χ3n) is 3.27. The molecular formula is C16H11ClN2O2. The van der Waals surface area contributed by atoms with E-state index in [-0.39, 0.29) is 17.3 Å². The molecule has 2 aromatic rings. The molecule has 0 radical (unpaired) electrons. The first-order chi connectivity index (χ1) is 10.1. The summed E-state index contributed by atoms with van der Waals surface area (Å²) < 4.78 is 0. The summed E-state index contributed by atoms with van der Waals surface area (Å²) in [6.45, 7) is 1.90. The van der Waals surface area contributed by atoms with E-state index in [4.69, 9.17) is 11.6 Å². The lowest BCUT2D eigenvalue weighted by atomic mass is 9.88. The Kier molecular flexibility index (Phi) is 3.39. The summed E-state index contributed by atoms with van der Waals surface area (Å²) in [4.78, 5) is 33.0. The minimum atomic E-state index is -1.07. The summed E-state index contributed by atoms with van der Waals surface area (Å²) >= 11 is 6.11. The lowest BCUT2D eigenvalue weighted by Crippen LogP contribution is -2.37. The van der Waals surface area contributed by atoms with Gasteiger partial charge in [0.25, 0.3) is 0 Å². The number of hydrogen-bond donors (Lipinski definition) is 0. The highest BCUT2D eigenvalue weighted by atomic mass is 35.5. The molecular weight excluding hydrogens is 288 g/mol. The van der Waals surface area contributed by atoms with Gasteiger partial charge in [-0.25, -0.2) is 9.98 Å². The predicted molar refractivity (Wildman–Crippen MR) is 80.8 cm³/mol. The van der Waals surface area contributed by atoms with Crippen molar-refractivity contribution >= 4 is 34.7 Å². The van der Waals surface area contributed by atoms with Gasteiger partial charge in [-0.3, -0.25) is 9.59 Å². The Balaban J connectivity index is 2.10. The van der Waals surface area contributed by atoms with Crippen LogP contribution in [0.2, 0.25) is 0 Å². The molecule has 1 heterocycles. The summed E-state index contributed by atoms with van der Waals surface area (Å²) in [7, 11) is 0. The highest BCUT2D eigenvalue weighted by Crippen LogP contribution is 2.25. The van der Waals surface area contributed by atoms with Crippen molar-refractivity contribution in [2.75, 3.05) is 0 Å². The molecule has 0 aliphatic heterocycles. The number of ketones is 2. The van der Waals surface area contributed by atoms with Crippen molar-refractivity contribution in [2.24, 2.45) is 4.99 Å². The summed E-state index contributed by atoms with van der Waals surface area (Å²) in [6.07, 6.45) is 1.64. The number of hydrogen-bond acceptors (Lipinski definition) is 4. The van der Waals surface area contributed by atoms with Crippen LogP contribution in [0.3, 0.4) is 0 Å². The summed E-state index contributed by atoms with van der Waals surface area (Å²) in [5.74, 6) is -0.271. The number of Topliss-reactive ketones (excluding diaryl/α,β-unsaturated/α-hetero) is 2. The normalized spacial score (nSPS) is 19.7. The minimum Gasteiger partial charge on any atom is -0.292 e. The maximum Gasteiger partial charge on any atom is 0.210 e. The lowest BCUT2D eigenvalue weighted by Gasteiger charge is -2.19. The molecule has 0 amide bonds. The number of fused-ring (bicyclic) bond motifs is 1. The second-order valence-corrected chi connectivity index (χ2v) is 5.23. The first-order valence-electron chi connectivity index (χ1n) is 6.41. The van der Waals surface area contributed by atoms with Crippen molar-refractivity contribution in [2.45, 2.75) is 12.3 Å². The van der Waals surface area contributed by atoms with Gasteiger partial charge in [-0.15, -0.1) is 11.6 Å². The molecule has 104 valence electrons. The Bertz CT molecular complexity index is 766. The summed E-state index contributed by atoms with van der Waals surface area (Å²) in [5.41, 5.74) is 1.69. The lowest BCUT2D eigenvalue weighted by molar-refractivity contribution is 0.0968. The average Bonchev–Trinajstić information content (AvgIpc) is 2.51. The fourth-order valence-corrected chi connectivity index (χ4v) is 2.43. The van der Waals surface area contributed by atoms with Crippen molar-refractivity contribution in [1.29, 1.82) is 0 Å². The molecule has 0 spiro atoms. The molecule has 0 fully saturated rings. The van der Waals surface area contributed by atoms with E-state index in [0.29, 0.717) is 16.9 Å². The van der Waals surface area contributed by atoms with E-state index in [1.165, 1.54) is 0 Å². The largest absolute Gasteiger partial charge is 0.292 e. The van der Waals surface area contributed by atoms with Gasteiger partial charge < -0.3 is 0 Å². The van der Waals surface area contributed by atoms with Gasteiger partial charge in [-0.1, -0.05) is 30.3 Å². The maximum absolute atomic E-state index is 12.4. The van der Waals surface area contributed by atoms with E-state index in [1.54, 1.807) is 36.5 Å². The van der Waals surface area contributed by atoms with Gasteiger partial charge in [-0.05, 0) is 18.6 Å². The number of carbonyl (C=O) groups is 2. The molecule has 4 nitrogen and oxygen atoms in total. The average molecular weight is 299 g/mol. The third kappa shape index (κ3) is 2.38. The Hall–Kier alpha value is -2.33. The number of aryl methyl sites for hydroxylation is 1. The first kappa shape index (κ1) is 13.6. The molecule has 1 aromatic heterocycles. The molecule has 1 aliphatic rings. The van der Waals surface area contributed by atoms with Gasteiger partial charge in [0, 0.05) is 17.3 Å². The van der Waals surface area contributed by atoms with Gasteiger partial charge in [0.15, 0.2) is 11.6 Å². The number of rotatable bonds is 1. The zero-order chi connectivity index (χ0) is 15.0. The smallest absolute Gasteiger partial charge is 0.210 e. The van der Waals surface area contributed by atoms with Gasteiger partial charge in [0.1, 0.15) is 11.1 Å². The highest BCUT2D eigenvalue weighted by Gasteiger charge is 2.37. The summed E-state index contributed by atoms with van der Waals surface area (Å²) in [6, 6.07) is 10.1. The molecule has 0 N–H and O–H groups in total. The van der Waals surface area contributed by atoms with Gasteiger partial charge in [0.2, 0.25) is 5.78 Å². The second-order valence-electron chi connectivity index (χ2n) is 4.79. The Morgan fingerprint density at radius 1 is 1.10 bits per heavy atom. The van der Waals surface area contributed by atoms with E-state index < -0.39 is 5.38 Å². The fraction of sp³-hybridized carbons (Fsp3) is 0.125. The number of aromatic nitrogens is 1. The van der Waals surface area contributed by atoms with E-state index >= 15 is 0 Å². The maximum atomic E-state index is 12.4. The Morgan fingerprint density at radius 3 is 2.48 bits per heavy atom. The van der Waals surface area contributed by atoms with Gasteiger partial charge in [0.05, 0.1) is 0 Å². The van der Waals surface area contributed by atoms with Crippen LogP contribution in [-0.2, 0) is 0 Å². The molecule has 5 heteroatoms. The van der Waals surface area contributed by atoms with Crippen LogP contribution in [0.1, 0.15) is 26.3 Å². The molecule has 1 atom stereocenters. The zero-order valence-corrected chi connectivity index (χ0v) is 12.0. The number of aliphatic imine (C=N–C) groups is 1. The molecule has 21 heavy (non-hydrogen) atoms. The SMILES string of the molecule is Cc1ccc(N=C2C(=O)c3ccccc3C(=O)C2Cl)nc1. The Labute approximate surface area is 126 Å². The topological polar surface area (TPSA) is 59.4 Å². The van der Waals surface area contributed by atoms with Crippen LogP contribution in [0, 0.1) is 6.92 Å². The predicted octanol–water partition coefficient (Wildman–Crippen LogP) is 3.15. The van der Waals surface area contributed by atoms with Crippen molar-refractivity contribution in [3.63, 3.8) is 0 Å². The Morgan fingerprint density at radius 2 is 1.81 bits per heavy atom. The molecule has 0 saturated carbocycles. The van der Waals surface area contributed by atoms with Gasteiger partial charge >= 0.3 is 0 Å². The quantitative estimate of drug-likeness (QED) is 0.760. The van der Waals surface area contributed by atoms with Gasteiger partial charge in [-0.2, -0.15) is 0 Å². The van der Waals surface area contributed by atoms with Crippen molar-refractivity contribution in [3.8, 4) is 0 Å². The molecule has 0 saturated heterocycles. The van der Waals surface area contributed by atoms with Crippen LogP contribution in [0.15, 0.2) is 47.6 Å². The third-order valence-corrected chi connectivity index (χ3v) is 3.68. The van der Waals surface area contributed by atoms with E-state index in [0.717, 1.165) is 5.56 Å². The van der Waals surface area contributed by atoms with Crippen LogP contribution in [0.4, 0.5) is 5.82 Å². The number of pyridine rings is 1. The van der Waals surface area contributed by atoms with Crippen molar-refractivity contribution < 1.29 is 9.59 Å². The highest BCUT2D eigenvalue weighted by molar-refractivity contribution is 6.65. The second kappa shape index (κ2) is 5.22. The first-order valence-corrected chi connectivity index (χ1v) is 6.85. The number of nitrogens with zero attached hydrogens (tertiary/aromatic N) is 2. The van der Waals surface area contributed by atoms with Crippen molar-refractivity contribution in [3.05, 3.63) is 59.3 Å². The molecule has 1 aromatic carbocycles. The monoisotopic (exact) mass is 298 g/mol. The van der Waals surface area contributed by atoms with Crippen LogP contribution < -0.4 is 0 Å². The summed E-state index contributed by atoms with van der Waals surface area (Å²) in [5, 5.41) is -1.07. The molecule has 3 rings (SSSR count). The van der Waals surface area contributed by atoms with E-state index in [9.17, 15) is 9.59 Å². The number of benzene rings is 1. The zero-order valence-electron chi connectivity index (χ0n) is 11.2. The molecule has 1 aliphatic carbocycles. The van der Waals surface area contributed by atoms with Crippen LogP contribution >= 0.6 is 11.6 Å². The van der Waals surface area contributed by atoms with E-state index in [2.05, 4.69) is 9.98 Å². The van der Waals surface area contributed by atoms with Crippen LogP contribution in [0.25, 0.3) is 0 Å². The number of alkyl halides is 1.